The number of sulfonamides is 1. The number of guanidine groups is 1. The van der Waals surface area contributed by atoms with Crippen LogP contribution in [0.3, 0.4) is 0 Å². The van der Waals surface area contributed by atoms with E-state index in [1.165, 1.54) is 20.2 Å². The van der Waals surface area contributed by atoms with Crippen molar-refractivity contribution in [1.29, 1.82) is 0 Å². The Kier molecular flexibility index (Phi) is 14.9. The summed E-state index contributed by atoms with van der Waals surface area (Å²) in [5, 5.41) is -0.0208. The summed E-state index contributed by atoms with van der Waals surface area (Å²) in [6.07, 6.45) is 0.988. The largest absolute Gasteiger partial charge is 0.443 e. The summed E-state index contributed by atoms with van der Waals surface area (Å²) in [5.41, 5.74) is -2.39. The van der Waals surface area contributed by atoms with Crippen molar-refractivity contribution in [3.8, 4) is 0 Å². The molecule has 47 heavy (non-hydrogen) atoms. The van der Waals surface area contributed by atoms with Gasteiger partial charge in [0.1, 0.15) is 23.7 Å². The molecule has 14 heteroatoms. The van der Waals surface area contributed by atoms with Gasteiger partial charge in [-0.05, 0) is 64.2 Å². The van der Waals surface area contributed by atoms with Crippen molar-refractivity contribution in [2.45, 2.75) is 110 Å². The second-order valence-electron chi connectivity index (χ2n) is 14.5. The average molecular weight is 704 g/mol. The zero-order valence-electron chi connectivity index (χ0n) is 30.4. The van der Waals surface area contributed by atoms with Crippen LogP contribution in [0.15, 0.2) is 29.3 Å². The number of hydrogen-bond acceptors (Lipinski definition) is 9. The first-order valence-electron chi connectivity index (χ1n) is 16.3. The molecular formula is C33H58FN3O8SSi. The van der Waals surface area contributed by atoms with Crippen LogP contribution in [0.5, 0.6) is 0 Å². The normalized spacial score (nSPS) is 19.3. The van der Waals surface area contributed by atoms with Gasteiger partial charge in [-0.2, -0.15) is 0 Å². The molecule has 2 atom stereocenters. The molecule has 1 aromatic rings. The third kappa shape index (κ3) is 11.8. The number of rotatable bonds is 16. The molecule has 270 valence electrons. The number of carbonyl (C=O) groups is 1. The number of ether oxygens (including phenoxy) is 4. The number of carbonyl (C=O) groups excluding carboxylic acids is 1. The van der Waals surface area contributed by atoms with Crippen molar-refractivity contribution < 1.29 is 41.0 Å². The minimum Gasteiger partial charge on any atom is -0.443 e. The van der Waals surface area contributed by atoms with Gasteiger partial charge in [0.2, 0.25) is 16.0 Å². The molecule has 0 aromatic heterocycles. The Morgan fingerprint density at radius 3 is 2.36 bits per heavy atom. The van der Waals surface area contributed by atoms with Gasteiger partial charge in [-0.25, -0.2) is 31.8 Å². The van der Waals surface area contributed by atoms with Crippen molar-refractivity contribution in [3.05, 3.63) is 35.6 Å². The smallest absolute Gasteiger partial charge is 0.419 e. The van der Waals surface area contributed by atoms with Crippen LogP contribution in [-0.2, 0) is 38.9 Å². The highest BCUT2D eigenvalue weighted by molar-refractivity contribution is 7.89. The molecular weight excluding hydrogens is 646 g/mol. The second kappa shape index (κ2) is 17.0. The molecule has 2 unspecified atom stereocenters. The van der Waals surface area contributed by atoms with E-state index in [1.807, 2.05) is 0 Å². The van der Waals surface area contributed by atoms with E-state index in [1.54, 1.807) is 39.0 Å². The van der Waals surface area contributed by atoms with Gasteiger partial charge in [-0.15, -0.1) is 0 Å². The van der Waals surface area contributed by atoms with Crippen LogP contribution in [0.25, 0.3) is 0 Å². The van der Waals surface area contributed by atoms with Crippen molar-refractivity contribution in [3.63, 3.8) is 0 Å². The fourth-order valence-electron chi connectivity index (χ4n) is 4.62. The molecule has 0 fully saturated rings. The Labute approximate surface area is 283 Å². The molecule has 0 aliphatic carbocycles. The first-order chi connectivity index (χ1) is 21.7. The van der Waals surface area contributed by atoms with Crippen LogP contribution >= 0.6 is 0 Å². The topological polar surface area (TPSA) is 116 Å². The van der Waals surface area contributed by atoms with E-state index < -0.39 is 47.1 Å². The summed E-state index contributed by atoms with van der Waals surface area (Å²) in [5.74, 6) is -1.35. The van der Waals surface area contributed by atoms with Gasteiger partial charge in [-0.3, -0.25) is 0 Å². The molecule has 2 rings (SSSR count). The summed E-state index contributed by atoms with van der Waals surface area (Å²) in [6, 6.07) is 6.02. The molecule has 0 spiro atoms. The van der Waals surface area contributed by atoms with Crippen molar-refractivity contribution >= 4 is 30.4 Å². The molecule has 1 aliphatic heterocycles. The summed E-state index contributed by atoms with van der Waals surface area (Å²) in [7, 11) is -3.43. The van der Waals surface area contributed by atoms with Gasteiger partial charge in [0.05, 0.1) is 31.7 Å². The fourth-order valence-corrected chi connectivity index (χ4v) is 7.21. The zero-order chi connectivity index (χ0) is 35.7. The predicted molar refractivity (Wildman–Crippen MR) is 185 cm³/mol. The number of methoxy groups -OCH3 is 1. The van der Waals surface area contributed by atoms with Gasteiger partial charge < -0.3 is 23.4 Å². The van der Waals surface area contributed by atoms with Crippen LogP contribution in [0, 0.1) is 5.82 Å². The van der Waals surface area contributed by atoms with Crippen molar-refractivity contribution in [2.24, 2.45) is 4.99 Å². The van der Waals surface area contributed by atoms with Crippen LogP contribution in [0.1, 0.15) is 79.7 Å². The minimum atomic E-state index is -4.12. The maximum absolute atomic E-state index is 15.7. The molecule has 0 saturated carbocycles. The summed E-state index contributed by atoms with van der Waals surface area (Å²) < 4.78 is 73.7. The third-order valence-corrected chi connectivity index (χ3v) is 14.8. The number of halogens is 1. The van der Waals surface area contributed by atoms with Crippen LogP contribution in [-0.4, -0.2) is 103 Å². The van der Waals surface area contributed by atoms with Gasteiger partial charge in [0, 0.05) is 26.3 Å². The Hall–Kier alpha value is -2.10. The molecule has 1 aromatic carbocycles. The predicted octanol–water partition coefficient (Wildman–Crippen LogP) is 6.50. The number of benzene rings is 1. The Bertz CT molecular complexity index is 1300. The molecule has 0 saturated heterocycles. The molecule has 0 N–H and O–H groups in total. The van der Waals surface area contributed by atoms with Gasteiger partial charge in [0.15, 0.2) is 8.32 Å². The quantitative estimate of drug-likeness (QED) is 0.109. The molecule has 1 amide bonds. The lowest BCUT2D eigenvalue weighted by molar-refractivity contribution is -0.00463. The first-order valence-corrected chi connectivity index (χ1v) is 20.9. The Balaban J connectivity index is 2.67. The SMILES string of the molecule is CCCCOC(CCC1(c2ccccc2F)CS(=O)(=O)N(C)C(N(COCCOC)C(=O)OC(C)(C)C)=N1)CO[Si](C)(C)C(C)(C)C. The first kappa shape index (κ1) is 41.1. The number of hydrogen-bond donors (Lipinski definition) is 0. The summed E-state index contributed by atoms with van der Waals surface area (Å²) in [6.45, 7) is 18.8. The van der Waals surface area contributed by atoms with E-state index in [0.29, 0.717) is 19.6 Å². The average Bonchev–Trinajstić information content (AvgIpc) is 2.95. The number of aliphatic imine (C=N–C) groups is 1. The number of unbranched alkanes of at least 4 members (excludes halogenated alkanes) is 1. The van der Waals surface area contributed by atoms with Gasteiger partial charge >= 0.3 is 6.09 Å². The van der Waals surface area contributed by atoms with E-state index in [9.17, 15) is 13.2 Å². The standard InChI is InChI=1S/C33H58FN3O8SSi/c1-12-13-20-43-26(23-44-47(10,11)32(5,6)7)18-19-33(27-16-14-15-17-28(27)34)24-46(39,40)36(8)29(35-33)37(25-42-22-21-41-9)30(38)45-31(2,3)4/h14-17,26H,12-13,18-25H2,1-11H3. The monoisotopic (exact) mass is 703 g/mol. The fraction of sp³-hybridized carbons (Fsp3) is 0.758. The van der Waals surface area contributed by atoms with Crippen molar-refractivity contribution in [1.82, 2.24) is 9.21 Å². The molecule has 1 heterocycles. The van der Waals surface area contributed by atoms with E-state index in [2.05, 4.69) is 40.8 Å². The number of nitrogens with zero attached hydrogens (tertiary/aromatic N) is 3. The maximum Gasteiger partial charge on any atom is 0.419 e. The lowest BCUT2D eigenvalue weighted by Crippen LogP contribution is -2.57. The van der Waals surface area contributed by atoms with Crippen LogP contribution < -0.4 is 0 Å². The van der Waals surface area contributed by atoms with E-state index in [0.717, 1.165) is 22.0 Å². The van der Waals surface area contributed by atoms with Gasteiger partial charge in [-0.1, -0.05) is 52.3 Å². The highest BCUT2D eigenvalue weighted by Crippen LogP contribution is 2.40. The molecule has 1 aliphatic rings. The summed E-state index contributed by atoms with van der Waals surface area (Å²) in [4.78, 5) is 19.5. The highest BCUT2D eigenvalue weighted by atomic mass is 32.2. The van der Waals surface area contributed by atoms with E-state index in [-0.39, 0.29) is 49.0 Å². The minimum absolute atomic E-state index is 0.0208. The van der Waals surface area contributed by atoms with Crippen molar-refractivity contribution in [2.75, 3.05) is 53.1 Å². The lowest BCUT2D eigenvalue weighted by atomic mass is 9.86. The Morgan fingerprint density at radius 1 is 1.13 bits per heavy atom. The van der Waals surface area contributed by atoms with Crippen LogP contribution in [0.2, 0.25) is 18.1 Å². The lowest BCUT2D eigenvalue weighted by Gasteiger charge is -2.42. The molecule has 0 radical (unpaired) electrons. The summed E-state index contributed by atoms with van der Waals surface area (Å²) >= 11 is 0. The third-order valence-electron chi connectivity index (χ3n) is 8.48. The van der Waals surface area contributed by atoms with Gasteiger partial charge in [0.25, 0.3) is 0 Å². The zero-order valence-corrected chi connectivity index (χ0v) is 32.2. The van der Waals surface area contributed by atoms with E-state index in [4.69, 9.17) is 28.4 Å². The second-order valence-corrected chi connectivity index (χ2v) is 21.4. The molecule has 11 nitrogen and oxygen atoms in total. The highest BCUT2D eigenvalue weighted by Gasteiger charge is 2.48. The van der Waals surface area contributed by atoms with Crippen LogP contribution in [0.4, 0.5) is 9.18 Å². The molecule has 0 bridgehead atoms. The number of amides is 1. The van der Waals surface area contributed by atoms with E-state index >= 15 is 4.39 Å². The Morgan fingerprint density at radius 2 is 1.79 bits per heavy atom. The maximum atomic E-state index is 15.7.